The zero-order valence-corrected chi connectivity index (χ0v) is 36.9. The fourth-order valence-corrected chi connectivity index (χ4v) is 10.7. The Kier molecular flexibility index (Phi) is 11.6. The highest BCUT2D eigenvalue weighted by atomic mass is 31.2. The van der Waals surface area contributed by atoms with Crippen molar-refractivity contribution in [1.82, 2.24) is 24.9 Å². The smallest absolute Gasteiger partial charge is 0.171 e. The van der Waals surface area contributed by atoms with E-state index in [-0.39, 0.29) is 0 Å². The Labute approximate surface area is 384 Å². The number of rotatable bonds is 11. The highest BCUT2D eigenvalue weighted by molar-refractivity contribution is 7.85. The SMILES string of the molecule is Cc1ccc(-c2cc(-c3cccc(-c4cccc(-c5nc(Cc6ccccc6)nc(-c6ccc(C#N)cc6)n5)c4)c3)nc(-c3ccc(P(=O)(c4ccccc4)c4ccccc4)cc3)n2)cc1. The van der Waals surface area contributed by atoms with Gasteiger partial charge in [0.05, 0.1) is 23.0 Å². The average molecular weight is 869 g/mol. The van der Waals surface area contributed by atoms with Crippen LogP contribution in [0.4, 0.5) is 0 Å². The molecule has 2 aromatic heterocycles. The van der Waals surface area contributed by atoms with E-state index in [9.17, 15) is 5.26 Å². The molecule has 0 aliphatic carbocycles. The van der Waals surface area contributed by atoms with Crippen molar-refractivity contribution in [1.29, 1.82) is 5.26 Å². The Hall–Kier alpha value is -8.43. The zero-order chi connectivity index (χ0) is 44.9. The topological polar surface area (TPSA) is 105 Å². The third-order valence-electron chi connectivity index (χ3n) is 11.6. The first kappa shape index (κ1) is 41.6. The quantitative estimate of drug-likeness (QED) is 0.119. The van der Waals surface area contributed by atoms with Crippen molar-refractivity contribution in [2.75, 3.05) is 0 Å². The van der Waals surface area contributed by atoms with Crippen LogP contribution in [-0.4, -0.2) is 24.9 Å². The number of hydrogen-bond donors (Lipinski definition) is 0. The second kappa shape index (κ2) is 18.3. The molecule has 10 rings (SSSR count). The molecule has 0 radical (unpaired) electrons. The first-order chi connectivity index (χ1) is 32.4. The van der Waals surface area contributed by atoms with Gasteiger partial charge in [-0.15, -0.1) is 0 Å². The minimum absolute atomic E-state index is 0.541. The normalized spacial score (nSPS) is 11.2. The predicted molar refractivity (Wildman–Crippen MR) is 266 cm³/mol. The molecule has 0 bridgehead atoms. The van der Waals surface area contributed by atoms with Gasteiger partial charge >= 0.3 is 0 Å². The van der Waals surface area contributed by atoms with Gasteiger partial charge in [-0.05, 0) is 66.1 Å². The van der Waals surface area contributed by atoms with Crippen molar-refractivity contribution >= 4 is 23.1 Å². The van der Waals surface area contributed by atoms with Crippen molar-refractivity contribution < 1.29 is 4.57 Å². The van der Waals surface area contributed by atoms with Gasteiger partial charge < -0.3 is 4.57 Å². The molecule has 8 heteroatoms. The summed E-state index contributed by atoms with van der Waals surface area (Å²) in [7, 11) is -3.16. The van der Waals surface area contributed by atoms with Crippen LogP contribution in [0.3, 0.4) is 0 Å². The van der Waals surface area contributed by atoms with Crippen LogP contribution in [0, 0.1) is 18.3 Å². The van der Waals surface area contributed by atoms with E-state index < -0.39 is 7.14 Å². The van der Waals surface area contributed by atoms with Crippen LogP contribution in [0.15, 0.2) is 218 Å². The average Bonchev–Trinajstić information content (AvgIpc) is 3.39. The summed E-state index contributed by atoms with van der Waals surface area (Å²) >= 11 is 0. The monoisotopic (exact) mass is 868 g/mol. The molecular weight excluding hydrogens is 828 g/mol. The van der Waals surface area contributed by atoms with Crippen LogP contribution in [-0.2, 0) is 11.0 Å². The third-order valence-corrected chi connectivity index (χ3v) is 14.6. The van der Waals surface area contributed by atoms with Crippen LogP contribution in [0.25, 0.3) is 67.8 Å². The van der Waals surface area contributed by atoms with Gasteiger partial charge in [0.15, 0.2) is 24.6 Å². The molecule has 0 aliphatic heterocycles. The molecule has 0 aliphatic rings. The molecule has 0 atom stereocenters. The molecule has 10 aromatic rings. The predicted octanol–water partition coefficient (Wildman–Crippen LogP) is 12.1. The number of hydrogen-bond acceptors (Lipinski definition) is 7. The number of aromatic nitrogens is 5. The van der Waals surface area contributed by atoms with E-state index in [1.165, 1.54) is 0 Å². The zero-order valence-electron chi connectivity index (χ0n) is 36.0. The molecular formula is C58H41N6OP. The van der Waals surface area contributed by atoms with E-state index in [0.29, 0.717) is 35.3 Å². The Morgan fingerprint density at radius 3 is 1.45 bits per heavy atom. The molecule has 0 fully saturated rings. The lowest BCUT2D eigenvalue weighted by atomic mass is 9.99. The minimum atomic E-state index is -3.16. The van der Waals surface area contributed by atoms with Gasteiger partial charge in [0.25, 0.3) is 0 Å². The van der Waals surface area contributed by atoms with Crippen LogP contribution < -0.4 is 15.9 Å². The largest absolute Gasteiger partial charge is 0.309 e. The van der Waals surface area contributed by atoms with E-state index in [2.05, 4.69) is 79.7 Å². The fourth-order valence-electron chi connectivity index (χ4n) is 8.07. The lowest BCUT2D eigenvalue weighted by Crippen LogP contribution is -2.24. The molecule has 7 nitrogen and oxygen atoms in total. The van der Waals surface area contributed by atoms with Crippen LogP contribution in [0.5, 0.6) is 0 Å². The molecule has 8 aromatic carbocycles. The minimum Gasteiger partial charge on any atom is -0.309 e. The van der Waals surface area contributed by atoms with Crippen molar-refractivity contribution in [3.63, 3.8) is 0 Å². The van der Waals surface area contributed by atoms with E-state index >= 15 is 4.57 Å². The molecule has 0 saturated carbocycles. The van der Waals surface area contributed by atoms with E-state index in [1.54, 1.807) is 12.1 Å². The van der Waals surface area contributed by atoms with Crippen LogP contribution >= 0.6 is 7.14 Å². The van der Waals surface area contributed by atoms with Gasteiger partial charge in [-0.2, -0.15) is 5.26 Å². The molecule has 0 amide bonds. The first-order valence-electron chi connectivity index (χ1n) is 21.7. The van der Waals surface area contributed by atoms with Crippen LogP contribution in [0.1, 0.15) is 22.5 Å². The standard InChI is InChI=1S/C58H41N6OP/c1-40-23-27-43(28-24-40)53-38-54(61-56(60-53)45-31-33-52(34-32-45)66(65,50-19-7-3-8-20-50)51-21-9-4-10-22-51)48-17-11-15-46(36-48)47-16-12-18-49(37-47)58-63-55(35-41-13-5-2-6-14-41)62-57(64-58)44-29-25-42(39-59)26-30-44/h2-34,36-38H,35H2,1H3. The maximum atomic E-state index is 15.1. The molecule has 0 N–H and O–H groups in total. The van der Waals surface area contributed by atoms with Crippen molar-refractivity contribution in [2.45, 2.75) is 13.3 Å². The maximum absolute atomic E-state index is 15.1. The summed E-state index contributed by atoms with van der Waals surface area (Å²) in [6, 6.07) is 73.9. The molecule has 2 heterocycles. The van der Waals surface area contributed by atoms with Crippen molar-refractivity contribution in [3.05, 3.63) is 241 Å². The van der Waals surface area contributed by atoms with E-state index in [4.69, 9.17) is 24.9 Å². The molecule has 0 saturated heterocycles. The second-order valence-corrected chi connectivity index (χ2v) is 18.8. The van der Waals surface area contributed by atoms with Crippen molar-refractivity contribution in [3.8, 4) is 73.9 Å². The number of nitrogens with zero attached hydrogens (tertiary/aromatic N) is 6. The molecule has 0 unspecified atom stereocenters. The highest BCUT2D eigenvalue weighted by Gasteiger charge is 2.29. The summed E-state index contributed by atoms with van der Waals surface area (Å²) < 4.78 is 15.1. The summed E-state index contributed by atoms with van der Waals surface area (Å²) in [5, 5.41) is 11.7. The number of aryl methyl sites for hydroxylation is 1. The first-order valence-corrected chi connectivity index (χ1v) is 23.4. The van der Waals surface area contributed by atoms with Gasteiger partial charge in [0, 0.05) is 50.2 Å². The Balaban J connectivity index is 1.03. The molecule has 0 spiro atoms. The third kappa shape index (κ3) is 8.74. The van der Waals surface area contributed by atoms with Crippen LogP contribution in [0.2, 0.25) is 0 Å². The van der Waals surface area contributed by atoms with E-state index in [0.717, 1.165) is 77.4 Å². The Morgan fingerprint density at radius 1 is 0.409 bits per heavy atom. The number of benzene rings is 8. The summed E-state index contributed by atoms with van der Waals surface area (Å²) in [5.74, 6) is 2.32. The summed E-state index contributed by atoms with van der Waals surface area (Å²) in [5.41, 5.74) is 10.8. The van der Waals surface area contributed by atoms with Crippen molar-refractivity contribution in [2.24, 2.45) is 0 Å². The van der Waals surface area contributed by atoms with Gasteiger partial charge in [0.2, 0.25) is 0 Å². The number of nitriles is 1. The summed E-state index contributed by atoms with van der Waals surface area (Å²) in [6.07, 6.45) is 0.541. The summed E-state index contributed by atoms with van der Waals surface area (Å²) in [4.78, 5) is 25.1. The second-order valence-electron chi connectivity index (χ2n) is 16.1. The summed E-state index contributed by atoms with van der Waals surface area (Å²) in [6.45, 7) is 2.07. The molecule has 66 heavy (non-hydrogen) atoms. The van der Waals surface area contributed by atoms with Gasteiger partial charge in [0.1, 0.15) is 5.82 Å². The lowest BCUT2D eigenvalue weighted by Gasteiger charge is -2.20. The Bertz CT molecular complexity index is 3370. The van der Waals surface area contributed by atoms with Gasteiger partial charge in [-0.25, -0.2) is 24.9 Å². The molecule has 314 valence electrons. The Morgan fingerprint density at radius 2 is 0.864 bits per heavy atom. The van der Waals surface area contributed by atoms with Gasteiger partial charge in [-0.3, -0.25) is 0 Å². The fraction of sp³-hybridized carbons (Fsp3) is 0.0345. The van der Waals surface area contributed by atoms with E-state index in [1.807, 2.05) is 140 Å². The lowest BCUT2D eigenvalue weighted by molar-refractivity contribution is 0.592. The van der Waals surface area contributed by atoms with Gasteiger partial charge in [-0.1, -0.05) is 181 Å². The maximum Gasteiger partial charge on any atom is 0.171 e. The highest BCUT2D eigenvalue weighted by Crippen LogP contribution is 2.42.